The van der Waals surface area contributed by atoms with Crippen molar-refractivity contribution in [1.29, 1.82) is 0 Å². The molecule has 0 aromatic carbocycles. The number of esters is 1. The highest BCUT2D eigenvalue weighted by Crippen LogP contribution is 2.15. The van der Waals surface area contributed by atoms with Crippen molar-refractivity contribution in [2.24, 2.45) is 0 Å². The van der Waals surface area contributed by atoms with Crippen LogP contribution in [0.1, 0.15) is 174 Å². The summed E-state index contributed by atoms with van der Waals surface area (Å²) in [5.74, 6) is -1.34. The summed E-state index contributed by atoms with van der Waals surface area (Å²) in [5, 5.41) is 11.0. The third kappa shape index (κ3) is 36.0. The molecule has 0 aliphatic rings. The third-order valence-corrected chi connectivity index (χ3v) is 8.16. The quantitative estimate of drug-likeness (QED) is 0.0404. The van der Waals surface area contributed by atoms with Crippen molar-refractivity contribution in [3.8, 4) is 0 Å². The molecule has 0 aliphatic carbocycles. The number of unbranched alkanes of at least 4 members (excludes halogenated alkanes) is 15. The summed E-state index contributed by atoms with van der Waals surface area (Å²) in [6, 6.07) is 0. The van der Waals surface area contributed by atoms with Crippen molar-refractivity contribution in [3.05, 3.63) is 60.8 Å². The van der Waals surface area contributed by atoms with E-state index < -0.39 is 5.97 Å². The first-order chi connectivity index (χ1) is 23.5. The molecule has 2 N–H and O–H groups in total. The topological polar surface area (TPSA) is 92.7 Å². The number of amides is 1. The molecule has 0 rings (SSSR count). The average Bonchev–Trinajstić information content (AvgIpc) is 3.07. The molecule has 1 amide bonds. The number of hydrogen-bond acceptors (Lipinski definition) is 4. The molecule has 0 fully saturated rings. The van der Waals surface area contributed by atoms with Crippen LogP contribution in [0.15, 0.2) is 60.8 Å². The molecular weight excluding hydrogens is 598 g/mol. The van der Waals surface area contributed by atoms with Gasteiger partial charge in [0.15, 0.2) is 0 Å². The van der Waals surface area contributed by atoms with Crippen LogP contribution in [0, 0.1) is 0 Å². The second kappa shape index (κ2) is 36.9. The highest BCUT2D eigenvalue weighted by molar-refractivity contribution is 5.80. The summed E-state index contributed by atoms with van der Waals surface area (Å²) in [4.78, 5) is 34.8. The maximum Gasteiger partial charge on any atom is 0.322 e. The van der Waals surface area contributed by atoms with Crippen molar-refractivity contribution in [3.63, 3.8) is 0 Å². The lowest BCUT2D eigenvalue weighted by atomic mass is 10.1. The lowest BCUT2D eigenvalue weighted by molar-refractivity contribution is -0.147. The van der Waals surface area contributed by atoms with E-state index in [9.17, 15) is 14.4 Å². The number of ether oxygens (including phenoxy) is 1. The van der Waals surface area contributed by atoms with E-state index in [4.69, 9.17) is 9.84 Å². The van der Waals surface area contributed by atoms with Gasteiger partial charge in [0.25, 0.3) is 0 Å². The predicted molar refractivity (Wildman–Crippen MR) is 203 cm³/mol. The van der Waals surface area contributed by atoms with Crippen LogP contribution in [0.4, 0.5) is 0 Å². The van der Waals surface area contributed by atoms with Crippen molar-refractivity contribution in [1.82, 2.24) is 5.32 Å². The SMILES string of the molecule is CC/C=C\C/C=C\C/C=C\C/C=C\CCCCCCCCCCC(=O)OC(/C=C\CCCCCC)CCCCCCC(=O)NCC(=O)O. The Balaban J connectivity index is 3.99. The van der Waals surface area contributed by atoms with Crippen LogP contribution in [-0.2, 0) is 19.1 Å². The van der Waals surface area contributed by atoms with E-state index in [1.54, 1.807) is 0 Å². The minimum absolute atomic E-state index is 0.0958. The molecule has 6 nitrogen and oxygen atoms in total. The number of carbonyl (C=O) groups is 3. The molecule has 1 unspecified atom stereocenters. The van der Waals surface area contributed by atoms with E-state index in [1.807, 2.05) is 0 Å². The predicted octanol–water partition coefficient (Wildman–Crippen LogP) is 11.7. The lowest BCUT2D eigenvalue weighted by Gasteiger charge is -2.15. The lowest BCUT2D eigenvalue weighted by Crippen LogP contribution is -2.28. The fourth-order valence-corrected chi connectivity index (χ4v) is 5.30. The average molecular weight is 670 g/mol. The van der Waals surface area contributed by atoms with Gasteiger partial charge < -0.3 is 15.2 Å². The Hall–Kier alpha value is -2.89. The summed E-state index contributed by atoms with van der Waals surface area (Å²) >= 11 is 0. The van der Waals surface area contributed by atoms with Crippen LogP contribution in [0.5, 0.6) is 0 Å². The highest BCUT2D eigenvalue weighted by Gasteiger charge is 2.12. The maximum absolute atomic E-state index is 12.6. The van der Waals surface area contributed by atoms with Crippen LogP contribution in [0.2, 0.25) is 0 Å². The van der Waals surface area contributed by atoms with Gasteiger partial charge in [-0.3, -0.25) is 14.4 Å². The standard InChI is InChI=1S/C42H71NO5/c1-3-5-7-9-11-12-13-14-15-16-17-18-19-20-21-22-23-24-25-27-33-37-42(47)48-39(34-30-26-10-8-6-4-2)35-31-28-29-32-36-40(44)43-38-41(45)46/h5,7,11-12,14-15,17-18,30,34,39H,3-4,6,8-10,13,16,19-29,31-33,35-38H2,1-2H3,(H,43,44)(H,45,46)/b7-5-,12-11-,15-14-,18-17-,34-30-. The van der Waals surface area contributed by atoms with Gasteiger partial charge in [0, 0.05) is 12.8 Å². The number of hydrogen-bond donors (Lipinski definition) is 2. The molecule has 274 valence electrons. The van der Waals surface area contributed by atoms with Crippen LogP contribution in [0.25, 0.3) is 0 Å². The molecule has 0 aliphatic heterocycles. The van der Waals surface area contributed by atoms with Crippen molar-refractivity contribution in [2.75, 3.05) is 6.54 Å². The van der Waals surface area contributed by atoms with Crippen LogP contribution in [-0.4, -0.2) is 35.6 Å². The number of carboxylic acid groups (broad SMARTS) is 1. The van der Waals surface area contributed by atoms with E-state index in [1.165, 1.54) is 70.6 Å². The number of nitrogens with one attached hydrogen (secondary N) is 1. The van der Waals surface area contributed by atoms with Gasteiger partial charge >= 0.3 is 11.9 Å². The second-order valence-electron chi connectivity index (χ2n) is 12.8. The Kier molecular flexibility index (Phi) is 34.7. The summed E-state index contributed by atoms with van der Waals surface area (Å²) in [5.41, 5.74) is 0. The first-order valence-electron chi connectivity index (χ1n) is 19.4. The smallest absolute Gasteiger partial charge is 0.322 e. The summed E-state index contributed by atoms with van der Waals surface area (Å²) < 4.78 is 5.86. The van der Waals surface area contributed by atoms with Gasteiger partial charge in [0.1, 0.15) is 12.6 Å². The van der Waals surface area contributed by atoms with E-state index >= 15 is 0 Å². The second-order valence-corrected chi connectivity index (χ2v) is 12.8. The monoisotopic (exact) mass is 670 g/mol. The zero-order valence-corrected chi connectivity index (χ0v) is 30.8. The molecule has 1 atom stereocenters. The summed E-state index contributed by atoms with van der Waals surface area (Å²) in [6.07, 6.45) is 47.9. The largest absolute Gasteiger partial charge is 0.480 e. The fraction of sp³-hybridized carbons (Fsp3) is 0.690. The highest BCUT2D eigenvalue weighted by atomic mass is 16.5. The Morgan fingerprint density at radius 3 is 1.69 bits per heavy atom. The maximum atomic E-state index is 12.6. The van der Waals surface area contributed by atoms with Gasteiger partial charge in [-0.1, -0.05) is 139 Å². The first kappa shape index (κ1) is 45.1. The number of aliphatic carboxylic acids is 1. The van der Waals surface area contributed by atoms with Gasteiger partial charge in [-0.2, -0.15) is 0 Å². The molecule has 0 aromatic rings. The minimum Gasteiger partial charge on any atom is -0.480 e. The van der Waals surface area contributed by atoms with Crippen LogP contribution < -0.4 is 5.32 Å². The molecule has 0 saturated heterocycles. The van der Waals surface area contributed by atoms with E-state index in [0.717, 1.165) is 77.0 Å². The van der Waals surface area contributed by atoms with Crippen LogP contribution >= 0.6 is 0 Å². The summed E-state index contributed by atoms with van der Waals surface area (Å²) in [7, 11) is 0. The summed E-state index contributed by atoms with van der Waals surface area (Å²) in [6.45, 7) is 4.04. The van der Waals surface area contributed by atoms with Crippen molar-refractivity contribution < 1.29 is 24.2 Å². The molecule has 6 heteroatoms. The molecule has 0 bridgehead atoms. The molecule has 0 heterocycles. The van der Waals surface area contributed by atoms with E-state index in [0.29, 0.717) is 12.8 Å². The van der Waals surface area contributed by atoms with Gasteiger partial charge in [-0.05, 0) is 83.1 Å². The minimum atomic E-state index is -1.03. The van der Waals surface area contributed by atoms with E-state index in [2.05, 4.69) is 79.9 Å². The Morgan fingerprint density at radius 2 is 1.08 bits per heavy atom. The fourth-order valence-electron chi connectivity index (χ4n) is 5.30. The number of carboxylic acids is 1. The van der Waals surface area contributed by atoms with Crippen molar-refractivity contribution in [2.45, 2.75) is 180 Å². The third-order valence-electron chi connectivity index (χ3n) is 8.16. The number of rotatable bonds is 34. The van der Waals surface area contributed by atoms with Gasteiger partial charge in [-0.25, -0.2) is 0 Å². The molecule has 0 spiro atoms. The normalized spacial score (nSPS) is 12.7. The zero-order valence-electron chi connectivity index (χ0n) is 30.8. The van der Waals surface area contributed by atoms with Crippen molar-refractivity contribution >= 4 is 17.8 Å². The molecule has 0 saturated carbocycles. The first-order valence-corrected chi connectivity index (χ1v) is 19.4. The van der Waals surface area contributed by atoms with Gasteiger partial charge in [0.2, 0.25) is 5.91 Å². The van der Waals surface area contributed by atoms with Gasteiger partial charge in [-0.15, -0.1) is 0 Å². The van der Waals surface area contributed by atoms with E-state index in [-0.39, 0.29) is 24.5 Å². The molecule has 0 radical (unpaired) electrons. The molecular formula is C42H71NO5. The number of carbonyl (C=O) groups excluding carboxylic acids is 2. The Labute approximate surface area is 294 Å². The molecule has 0 aromatic heterocycles. The Bertz CT molecular complexity index is 917. The number of allylic oxidation sites excluding steroid dienone is 9. The van der Waals surface area contributed by atoms with Gasteiger partial charge in [0.05, 0.1) is 0 Å². The molecule has 48 heavy (non-hydrogen) atoms. The zero-order chi connectivity index (χ0) is 35.2. The Morgan fingerprint density at radius 1 is 0.583 bits per heavy atom. The van der Waals surface area contributed by atoms with Crippen LogP contribution in [0.3, 0.4) is 0 Å².